The molecule has 1 unspecified atom stereocenters. The molecule has 0 saturated heterocycles. The standard InChI is InChI=1S/C20H19N3O2S/c24-19-17-14-8-9-23(11-13-5-2-1-3-6-13)12-16(14)26-20(17)22-18(21-19)15-7-4-10-25-15/h1-7,10,18,22H,8-9,11-12H2,(H,21,24)/p+1/t18-/m1/s1. The highest BCUT2D eigenvalue weighted by molar-refractivity contribution is 7.16. The molecule has 0 fully saturated rings. The van der Waals surface area contributed by atoms with Crippen LogP contribution in [0.5, 0.6) is 0 Å². The molecule has 6 heteroatoms. The highest BCUT2D eigenvalue weighted by atomic mass is 32.1. The van der Waals surface area contributed by atoms with Gasteiger partial charge in [0, 0.05) is 12.0 Å². The second kappa shape index (κ2) is 6.30. The zero-order chi connectivity index (χ0) is 17.5. The van der Waals surface area contributed by atoms with Crippen LogP contribution in [-0.4, -0.2) is 12.5 Å². The van der Waals surface area contributed by atoms with Crippen LogP contribution in [0.1, 0.15) is 38.3 Å². The zero-order valence-corrected chi connectivity index (χ0v) is 15.1. The lowest BCUT2D eigenvalue weighted by Gasteiger charge is -2.26. The molecule has 3 N–H and O–H groups in total. The Hall–Kier alpha value is -2.57. The van der Waals surface area contributed by atoms with Gasteiger partial charge in [-0.3, -0.25) is 4.79 Å². The van der Waals surface area contributed by atoms with Crippen LogP contribution >= 0.6 is 11.3 Å². The third-order valence-electron chi connectivity index (χ3n) is 5.13. The molecule has 2 atom stereocenters. The van der Waals surface area contributed by atoms with E-state index in [2.05, 4.69) is 41.0 Å². The van der Waals surface area contributed by atoms with Gasteiger partial charge in [0.2, 0.25) is 0 Å². The van der Waals surface area contributed by atoms with E-state index in [1.54, 1.807) is 22.5 Å². The molecule has 1 aromatic carbocycles. The largest absolute Gasteiger partial charge is 0.465 e. The molecule has 1 amide bonds. The number of carbonyl (C=O) groups excluding carboxylic acids is 1. The summed E-state index contributed by atoms with van der Waals surface area (Å²) in [5, 5.41) is 7.43. The number of thiophene rings is 1. The molecule has 0 saturated carbocycles. The molecule has 0 aliphatic carbocycles. The Morgan fingerprint density at radius 2 is 2.04 bits per heavy atom. The first-order valence-corrected chi connectivity index (χ1v) is 9.72. The van der Waals surface area contributed by atoms with Gasteiger partial charge in [0.1, 0.15) is 23.9 Å². The van der Waals surface area contributed by atoms with Crippen LogP contribution in [-0.2, 0) is 19.5 Å². The van der Waals surface area contributed by atoms with E-state index >= 15 is 0 Å². The number of anilines is 1. The minimum atomic E-state index is -0.294. The Balaban J connectivity index is 1.39. The van der Waals surface area contributed by atoms with Crippen LogP contribution < -0.4 is 15.5 Å². The molecule has 2 aliphatic heterocycles. The number of benzene rings is 1. The summed E-state index contributed by atoms with van der Waals surface area (Å²) in [5.41, 5.74) is 3.43. The van der Waals surface area contributed by atoms with Gasteiger partial charge in [0.15, 0.2) is 6.17 Å². The number of fused-ring (bicyclic) bond motifs is 3. The summed E-state index contributed by atoms with van der Waals surface area (Å²) in [5.74, 6) is 0.732. The van der Waals surface area contributed by atoms with Gasteiger partial charge in [-0.1, -0.05) is 30.3 Å². The van der Waals surface area contributed by atoms with Crippen molar-refractivity contribution in [2.75, 3.05) is 11.9 Å². The maximum Gasteiger partial charge on any atom is 0.256 e. The molecule has 0 bridgehead atoms. The molecule has 26 heavy (non-hydrogen) atoms. The average Bonchev–Trinajstić information content (AvgIpc) is 3.30. The Labute approximate surface area is 155 Å². The number of hydrogen-bond donors (Lipinski definition) is 3. The summed E-state index contributed by atoms with van der Waals surface area (Å²) < 4.78 is 5.45. The summed E-state index contributed by atoms with van der Waals surface area (Å²) in [6.07, 6.45) is 2.28. The number of quaternary nitrogens is 1. The second-order valence-corrected chi connectivity index (χ2v) is 7.97. The van der Waals surface area contributed by atoms with Gasteiger partial charge >= 0.3 is 0 Å². The Bertz CT molecular complexity index is 934. The molecule has 132 valence electrons. The van der Waals surface area contributed by atoms with Crippen molar-refractivity contribution < 1.29 is 14.1 Å². The Morgan fingerprint density at radius 1 is 1.15 bits per heavy atom. The van der Waals surface area contributed by atoms with Crippen LogP contribution in [0.2, 0.25) is 0 Å². The normalized spacial score (nSPS) is 21.5. The SMILES string of the molecule is O=C1N[C@@H](c2ccco2)Nc2sc3c(c21)CC[NH+](Cc1ccccc1)C3. The van der Waals surface area contributed by atoms with E-state index in [1.807, 2.05) is 12.1 Å². The van der Waals surface area contributed by atoms with Crippen molar-refractivity contribution in [3.05, 3.63) is 76.1 Å². The highest BCUT2D eigenvalue weighted by Crippen LogP contribution is 2.39. The fraction of sp³-hybridized carbons (Fsp3) is 0.250. The molecule has 0 radical (unpaired) electrons. The van der Waals surface area contributed by atoms with E-state index in [4.69, 9.17) is 4.42 Å². The van der Waals surface area contributed by atoms with Gasteiger partial charge in [-0.05, 0) is 17.7 Å². The summed E-state index contributed by atoms with van der Waals surface area (Å²) in [6.45, 7) is 3.06. The fourth-order valence-corrected chi connectivity index (χ4v) is 5.23. The molecule has 0 spiro atoms. The third kappa shape index (κ3) is 2.71. The van der Waals surface area contributed by atoms with E-state index in [9.17, 15) is 4.79 Å². The van der Waals surface area contributed by atoms with Gasteiger partial charge in [0.25, 0.3) is 5.91 Å². The smallest absolute Gasteiger partial charge is 0.256 e. The van der Waals surface area contributed by atoms with Crippen LogP contribution in [0, 0.1) is 0 Å². The minimum absolute atomic E-state index is 0.00385. The van der Waals surface area contributed by atoms with Gasteiger partial charge < -0.3 is 20.0 Å². The van der Waals surface area contributed by atoms with Crippen molar-refractivity contribution in [2.24, 2.45) is 0 Å². The van der Waals surface area contributed by atoms with E-state index in [0.717, 1.165) is 42.4 Å². The Morgan fingerprint density at radius 3 is 2.85 bits per heavy atom. The van der Waals surface area contributed by atoms with Gasteiger partial charge in [0.05, 0.1) is 23.2 Å². The van der Waals surface area contributed by atoms with Crippen LogP contribution in [0.15, 0.2) is 53.1 Å². The van der Waals surface area contributed by atoms with Crippen molar-refractivity contribution in [2.45, 2.75) is 25.7 Å². The van der Waals surface area contributed by atoms with E-state index in [-0.39, 0.29) is 12.1 Å². The van der Waals surface area contributed by atoms with Crippen molar-refractivity contribution in [1.82, 2.24) is 5.32 Å². The topological polar surface area (TPSA) is 58.7 Å². The molecule has 3 aromatic rings. The predicted molar refractivity (Wildman–Crippen MR) is 100 cm³/mol. The summed E-state index contributed by atoms with van der Waals surface area (Å²) in [7, 11) is 0. The van der Waals surface area contributed by atoms with Crippen LogP contribution in [0.3, 0.4) is 0 Å². The van der Waals surface area contributed by atoms with E-state index in [1.165, 1.54) is 16.0 Å². The summed E-state index contributed by atoms with van der Waals surface area (Å²) >= 11 is 1.72. The lowest BCUT2D eigenvalue weighted by atomic mass is 10.0. The average molecular weight is 366 g/mol. The van der Waals surface area contributed by atoms with Crippen molar-refractivity contribution in [3.63, 3.8) is 0 Å². The van der Waals surface area contributed by atoms with Gasteiger partial charge in [-0.25, -0.2) is 0 Å². The second-order valence-electron chi connectivity index (χ2n) is 6.86. The maximum absolute atomic E-state index is 12.7. The minimum Gasteiger partial charge on any atom is -0.465 e. The zero-order valence-electron chi connectivity index (χ0n) is 14.2. The number of amides is 1. The molecule has 4 heterocycles. The predicted octanol–water partition coefficient (Wildman–Crippen LogP) is 2.34. The number of nitrogens with one attached hydrogen (secondary N) is 3. The first-order valence-electron chi connectivity index (χ1n) is 8.91. The first kappa shape index (κ1) is 15.7. The maximum atomic E-state index is 12.7. The van der Waals surface area contributed by atoms with Crippen LogP contribution in [0.4, 0.5) is 5.00 Å². The lowest BCUT2D eigenvalue weighted by molar-refractivity contribution is -0.929. The molecular formula is C20H20N3O2S+. The van der Waals surface area contributed by atoms with Crippen LogP contribution in [0.25, 0.3) is 0 Å². The van der Waals surface area contributed by atoms with Crippen molar-refractivity contribution in [3.8, 4) is 0 Å². The summed E-state index contributed by atoms with van der Waals surface area (Å²) in [6, 6.07) is 14.3. The van der Waals surface area contributed by atoms with Crippen molar-refractivity contribution in [1.29, 1.82) is 0 Å². The molecular weight excluding hydrogens is 346 g/mol. The molecule has 5 nitrogen and oxygen atoms in total. The number of rotatable bonds is 3. The van der Waals surface area contributed by atoms with Crippen molar-refractivity contribution >= 4 is 22.2 Å². The van der Waals surface area contributed by atoms with E-state index in [0.29, 0.717) is 0 Å². The highest BCUT2D eigenvalue weighted by Gasteiger charge is 2.35. The number of furan rings is 1. The van der Waals surface area contributed by atoms with Gasteiger partial charge in [-0.2, -0.15) is 0 Å². The molecule has 2 aromatic heterocycles. The molecule has 2 aliphatic rings. The van der Waals surface area contributed by atoms with E-state index < -0.39 is 0 Å². The molecule has 5 rings (SSSR count). The Kier molecular flexibility index (Phi) is 3.80. The monoisotopic (exact) mass is 366 g/mol. The lowest BCUT2D eigenvalue weighted by Crippen LogP contribution is -3.10. The van der Waals surface area contributed by atoms with Gasteiger partial charge in [-0.15, -0.1) is 11.3 Å². The third-order valence-corrected chi connectivity index (χ3v) is 6.30. The fourth-order valence-electron chi connectivity index (χ4n) is 3.88. The number of carbonyl (C=O) groups is 1. The quantitative estimate of drug-likeness (QED) is 0.667. The number of hydrogen-bond acceptors (Lipinski definition) is 4. The first-order chi connectivity index (χ1) is 12.8. The summed E-state index contributed by atoms with van der Waals surface area (Å²) in [4.78, 5) is 15.6.